The van der Waals surface area contributed by atoms with Crippen LogP contribution in [0.4, 0.5) is 5.69 Å². The van der Waals surface area contributed by atoms with Crippen LogP contribution in [-0.4, -0.2) is 26.4 Å². The smallest absolute Gasteiger partial charge is 0.234 e. The Morgan fingerprint density at radius 1 is 1.00 bits per heavy atom. The third kappa shape index (κ3) is 5.69. The average molecular weight is 491 g/mol. The second-order valence-electron chi connectivity index (χ2n) is 8.25. The molecule has 0 aliphatic carbocycles. The molecule has 0 bridgehead atoms. The summed E-state index contributed by atoms with van der Waals surface area (Å²) >= 11 is 7.42. The van der Waals surface area contributed by atoms with E-state index in [2.05, 4.69) is 41.5 Å². The number of thioether (sulfide) groups is 1. The number of carbonyl (C=O) groups excluding carboxylic acids is 1. The van der Waals surface area contributed by atoms with Gasteiger partial charge >= 0.3 is 0 Å². The Morgan fingerprint density at radius 2 is 1.68 bits per heavy atom. The highest BCUT2D eigenvalue weighted by Crippen LogP contribution is 2.29. The molecule has 7 heteroatoms. The summed E-state index contributed by atoms with van der Waals surface area (Å²) in [5.74, 6) is 1.33. The molecule has 0 fully saturated rings. The molecule has 174 valence electrons. The molecule has 1 heterocycles. The highest BCUT2D eigenvalue weighted by Gasteiger charge is 2.17. The predicted molar refractivity (Wildman–Crippen MR) is 141 cm³/mol. The Kier molecular flexibility index (Phi) is 7.70. The van der Waals surface area contributed by atoms with E-state index in [-0.39, 0.29) is 11.7 Å². The summed E-state index contributed by atoms with van der Waals surface area (Å²) in [6.45, 7) is 6.42. The third-order valence-electron chi connectivity index (χ3n) is 5.74. The van der Waals surface area contributed by atoms with Crippen LogP contribution in [0.25, 0.3) is 17.1 Å². The summed E-state index contributed by atoms with van der Waals surface area (Å²) in [6, 6.07) is 23.7. The molecule has 1 N–H and O–H groups in total. The van der Waals surface area contributed by atoms with Crippen LogP contribution in [0.1, 0.15) is 37.3 Å². The minimum atomic E-state index is -0.0900. The molecule has 1 unspecified atom stereocenters. The fourth-order valence-electron chi connectivity index (χ4n) is 3.53. The molecule has 5 nitrogen and oxygen atoms in total. The highest BCUT2D eigenvalue weighted by atomic mass is 35.5. The topological polar surface area (TPSA) is 59.8 Å². The Bertz CT molecular complexity index is 1250. The zero-order valence-electron chi connectivity index (χ0n) is 19.5. The second kappa shape index (κ2) is 10.9. The minimum Gasteiger partial charge on any atom is -0.325 e. The third-order valence-corrected chi connectivity index (χ3v) is 6.92. The van der Waals surface area contributed by atoms with Gasteiger partial charge in [0.1, 0.15) is 0 Å². The number of anilines is 1. The van der Waals surface area contributed by atoms with Crippen LogP contribution in [0.15, 0.2) is 78.0 Å². The molecule has 0 saturated heterocycles. The van der Waals surface area contributed by atoms with Gasteiger partial charge in [0.05, 0.1) is 5.75 Å². The van der Waals surface area contributed by atoms with Gasteiger partial charge in [-0.3, -0.25) is 9.36 Å². The van der Waals surface area contributed by atoms with Gasteiger partial charge in [0.2, 0.25) is 5.91 Å². The van der Waals surface area contributed by atoms with Crippen molar-refractivity contribution >= 4 is 35.0 Å². The van der Waals surface area contributed by atoms with Gasteiger partial charge in [-0.2, -0.15) is 0 Å². The molecule has 0 saturated carbocycles. The maximum atomic E-state index is 12.7. The maximum absolute atomic E-state index is 12.7. The Labute approximate surface area is 209 Å². The number of nitrogens with zero attached hydrogens (tertiary/aromatic N) is 3. The number of rotatable bonds is 8. The van der Waals surface area contributed by atoms with E-state index in [0.717, 1.165) is 28.9 Å². The highest BCUT2D eigenvalue weighted by molar-refractivity contribution is 7.99. The predicted octanol–water partition coefficient (Wildman–Crippen LogP) is 7.14. The van der Waals surface area contributed by atoms with Crippen LogP contribution in [0.2, 0.25) is 5.02 Å². The first-order valence-corrected chi connectivity index (χ1v) is 12.6. The number of nitrogens with one attached hydrogen (secondary N) is 1. The standard InChI is InChI=1S/C27H27ClN4OS/c1-4-19(3)20-9-13-23(14-10-20)29-25(33)17-34-27-31-30-26(21-7-11-22(28)12-8-21)32(27)24-15-5-18(2)6-16-24/h5-16,19H,4,17H2,1-3H3,(H,29,33). The van der Waals surface area contributed by atoms with Gasteiger partial charge in [-0.1, -0.05) is 67.0 Å². The van der Waals surface area contributed by atoms with E-state index in [1.165, 1.54) is 17.3 Å². The van der Waals surface area contributed by atoms with Crippen LogP contribution < -0.4 is 5.32 Å². The first-order valence-electron chi connectivity index (χ1n) is 11.3. The van der Waals surface area contributed by atoms with Crippen LogP contribution in [0.5, 0.6) is 0 Å². The lowest BCUT2D eigenvalue weighted by molar-refractivity contribution is -0.113. The molecule has 0 spiro atoms. The number of aryl methyl sites for hydroxylation is 1. The number of hydrogen-bond donors (Lipinski definition) is 1. The lowest BCUT2D eigenvalue weighted by Gasteiger charge is -2.12. The number of benzene rings is 3. The molecule has 1 atom stereocenters. The van der Waals surface area contributed by atoms with Crippen molar-refractivity contribution in [2.24, 2.45) is 0 Å². The van der Waals surface area contributed by atoms with Crippen molar-refractivity contribution in [3.8, 4) is 17.1 Å². The van der Waals surface area contributed by atoms with Crippen LogP contribution >= 0.6 is 23.4 Å². The SMILES string of the molecule is CCC(C)c1ccc(NC(=O)CSc2nnc(-c3ccc(Cl)cc3)n2-c2ccc(C)cc2)cc1. The number of halogens is 1. The fraction of sp³-hybridized carbons (Fsp3) is 0.222. The van der Waals surface area contributed by atoms with Crippen molar-refractivity contribution in [2.45, 2.75) is 38.3 Å². The van der Waals surface area contributed by atoms with E-state index in [1.807, 2.05) is 72.2 Å². The maximum Gasteiger partial charge on any atom is 0.234 e. The van der Waals surface area contributed by atoms with Gasteiger partial charge in [0.15, 0.2) is 11.0 Å². The molecular formula is C27H27ClN4OS. The van der Waals surface area contributed by atoms with E-state index < -0.39 is 0 Å². The van der Waals surface area contributed by atoms with Crippen molar-refractivity contribution in [2.75, 3.05) is 11.1 Å². The summed E-state index contributed by atoms with van der Waals surface area (Å²) < 4.78 is 1.97. The molecule has 1 amide bonds. The first-order chi connectivity index (χ1) is 16.4. The van der Waals surface area contributed by atoms with E-state index in [1.54, 1.807) is 0 Å². The van der Waals surface area contributed by atoms with Gasteiger partial charge in [0, 0.05) is 22.0 Å². The van der Waals surface area contributed by atoms with Gasteiger partial charge in [-0.05, 0) is 73.4 Å². The molecule has 0 radical (unpaired) electrons. The van der Waals surface area contributed by atoms with Gasteiger partial charge in [-0.25, -0.2) is 0 Å². The zero-order valence-corrected chi connectivity index (χ0v) is 21.0. The molecule has 4 rings (SSSR count). The van der Waals surface area contributed by atoms with E-state index in [9.17, 15) is 4.79 Å². The van der Waals surface area contributed by atoms with E-state index in [4.69, 9.17) is 11.6 Å². The van der Waals surface area contributed by atoms with Crippen molar-refractivity contribution in [3.05, 3.63) is 88.9 Å². The van der Waals surface area contributed by atoms with Gasteiger partial charge < -0.3 is 5.32 Å². The molecule has 1 aromatic heterocycles. The summed E-state index contributed by atoms with van der Waals surface area (Å²) in [4.78, 5) is 12.7. The van der Waals surface area contributed by atoms with Crippen molar-refractivity contribution in [1.82, 2.24) is 14.8 Å². The Hall–Kier alpha value is -3.09. The largest absolute Gasteiger partial charge is 0.325 e. The van der Waals surface area contributed by atoms with E-state index >= 15 is 0 Å². The van der Waals surface area contributed by atoms with Crippen LogP contribution in [-0.2, 0) is 4.79 Å². The normalized spacial score (nSPS) is 11.9. The summed E-state index contributed by atoms with van der Waals surface area (Å²) in [6.07, 6.45) is 1.09. The Morgan fingerprint density at radius 3 is 2.32 bits per heavy atom. The van der Waals surface area contributed by atoms with Gasteiger partial charge in [0.25, 0.3) is 0 Å². The summed E-state index contributed by atoms with van der Waals surface area (Å²) in [5, 5.41) is 13.1. The molecule has 4 aromatic rings. The molecule has 0 aliphatic heterocycles. The first kappa shape index (κ1) is 24.0. The zero-order chi connectivity index (χ0) is 24.1. The summed E-state index contributed by atoms with van der Waals surface area (Å²) in [7, 11) is 0. The number of amides is 1. The lowest BCUT2D eigenvalue weighted by atomic mass is 9.99. The number of hydrogen-bond acceptors (Lipinski definition) is 4. The average Bonchev–Trinajstić information content (AvgIpc) is 3.27. The fourth-order valence-corrected chi connectivity index (χ4v) is 4.41. The Balaban J connectivity index is 1.53. The monoisotopic (exact) mass is 490 g/mol. The summed E-state index contributed by atoms with van der Waals surface area (Å²) in [5.41, 5.74) is 5.06. The second-order valence-corrected chi connectivity index (χ2v) is 9.63. The molecule has 34 heavy (non-hydrogen) atoms. The molecule has 3 aromatic carbocycles. The number of aromatic nitrogens is 3. The van der Waals surface area contributed by atoms with Crippen LogP contribution in [0.3, 0.4) is 0 Å². The minimum absolute atomic E-state index is 0.0900. The molecule has 0 aliphatic rings. The lowest BCUT2D eigenvalue weighted by Crippen LogP contribution is -2.14. The quantitative estimate of drug-likeness (QED) is 0.266. The van der Waals surface area contributed by atoms with Gasteiger partial charge in [-0.15, -0.1) is 10.2 Å². The van der Waals surface area contributed by atoms with Crippen molar-refractivity contribution in [1.29, 1.82) is 0 Å². The molecular weight excluding hydrogens is 464 g/mol. The van der Waals surface area contributed by atoms with Crippen LogP contribution in [0, 0.1) is 6.92 Å². The van der Waals surface area contributed by atoms with Crippen molar-refractivity contribution < 1.29 is 4.79 Å². The van der Waals surface area contributed by atoms with E-state index in [0.29, 0.717) is 21.9 Å². The van der Waals surface area contributed by atoms with Crippen molar-refractivity contribution in [3.63, 3.8) is 0 Å². The number of carbonyl (C=O) groups is 1.